The summed E-state index contributed by atoms with van der Waals surface area (Å²) in [4.78, 5) is 0. The molecule has 1 aromatic rings. The van der Waals surface area contributed by atoms with Crippen LogP contribution in [0.3, 0.4) is 0 Å². The van der Waals surface area contributed by atoms with E-state index in [1.807, 2.05) is 6.92 Å². The fourth-order valence-corrected chi connectivity index (χ4v) is 1.64. The molecule has 0 radical (unpaired) electrons. The van der Waals surface area contributed by atoms with Crippen LogP contribution in [0.5, 0.6) is 0 Å². The molecule has 0 saturated carbocycles. The molecule has 0 heterocycles. The van der Waals surface area contributed by atoms with Gasteiger partial charge in [0, 0.05) is 10.6 Å². The Balaban J connectivity index is 2.69. The number of hydrogen-bond donors (Lipinski definition) is 0. The SMILES string of the molecule is C=C(C)C(C)CCc1c(F)cccc1Cl. The minimum absolute atomic E-state index is 0.212. The molecule has 0 nitrogen and oxygen atoms in total. The normalized spacial score (nSPS) is 12.5. The molecule has 1 aromatic carbocycles. The van der Waals surface area contributed by atoms with Crippen LogP contribution in [0, 0.1) is 11.7 Å². The van der Waals surface area contributed by atoms with E-state index in [2.05, 4.69) is 13.5 Å². The predicted octanol–water partition coefficient (Wildman–Crippen LogP) is 4.62. The molecule has 0 saturated heterocycles. The highest BCUT2D eigenvalue weighted by Crippen LogP contribution is 2.23. The van der Waals surface area contributed by atoms with Crippen molar-refractivity contribution in [1.29, 1.82) is 0 Å². The first-order valence-electron chi connectivity index (χ1n) is 5.10. The van der Waals surface area contributed by atoms with E-state index in [4.69, 9.17) is 11.6 Å². The maximum absolute atomic E-state index is 13.4. The summed E-state index contributed by atoms with van der Waals surface area (Å²) in [7, 11) is 0. The lowest BCUT2D eigenvalue weighted by Crippen LogP contribution is -2.00. The first-order valence-corrected chi connectivity index (χ1v) is 5.48. The van der Waals surface area contributed by atoms with Crippen LogP contribution in [-0.4, -0.2) is 0 Å². The van der Waals surface area contributed by atoms with E-state index >= 15 is 0 Å². The third-order valence-corrected chi connectivity index (χ3v) is 3.08. The zero-order valence-electron chi connectivity index (χ0n) is 9.19. The molecule has 0 fully saturated rings. The molecule has 82 valence electrons. The van der Waals surface area contributed by atoms with Gasteiger partial charge >= 0.3 is 0 Å². The van der Waals surface area contributed by atoms with Gasteiger partial charge in [-0.15, -0.1) is 0 Å². The first-order chi connectivity index (χ1) is 7.02. The minimum Gasteiger partial charge on any atom is -0.207 e. The van der Waals surface area contributed by atoms with Gasteiger partial charge in [0.05, 0.1) is 0 Å². The Hall–Kier alpha value is -0.820. The lowest BCUT2D eigenvalue weighted by atomic mass is 9.96. The van der Waals surface area contributed by atoms with E-state index in [-0.39, 0.29) is 5.82 Å². The Morgan fingerprint density at radius 2 is 2.20 bits per heavy atom. The van der Waals surface area contributed by atoms with Gasteiger partial charge in [0.2, 0.25) is 0 Å². The van der Waals surface area contributed by atoms with Crippen LogP contribution in [0.15, 0.2) is 30.4 Å². The molecule has 0 N–H and O–H groups in total. The Bertz CT molecular complexity index is 337. The van der Waals surface area contributed by atoms with Crippen molar-refractivity contribution < 1.29 is 4.39 Å². The highest BCUT2D eigenvalue weighted by molar-refractivity contribution is 6.31. The molecular weight excluding hydrogens is 211 g/mol. The second-order valence-electron chi connectivity index (χ2n) is 3.99. The monoisotopic (exact) mass is 226 g/mol. The Kier molecular flexibility index (Phi) is 4.34. The molecule has 0 aromatic heterocycles. The largest absolute Gasteiger partial charge is 0.207 e. The van der Waals surface area contributed by atoms with Crippen molar-refractivity contribution in [2.24, 2.45) is 5.92 Å². The molecule has 1 atom stereocenters. The Morgan fingerprint density at radius 3 is 2.73 bits per heavy atom. The standard InChI is InChI=1S/C13H16ClF/c1-9(2)10(3)7-8-11-12(14)5-4-6-13(11)15/h4-6,10H,1,7-8H2,2-3H3. The number of benzene rings is 1. The highest BCUT2D eigenvalue weighted by Gasteiger charge is 2.09. The molecule has 1 rings (SSSR count). The fourth-order valence-electron chi connectivity index (χ4n) is 1.38. The van der Waals surface area contributed by atoms with E-state index in [9.17, 15) is 4.39 Å². The third kappa shape index (κ3) is 3.35. The van der Waals surface area contributed by atoms with Crippen molar-refractivity contribution >= 4 is 11.6 Å². The molecule has 15 heavy (non-hydrogen) atoms. The highest BCUT2D eigenvalue weighted by atomic mass is 35.5. The fraction of sp³-hybridized carbons (Fsp3) is 0.385. The van der Waals surface area contributed by atoms with Crippen LogP contribution in [0.1, 0.15) is 25.8 Å². The van der Waals surface area contributed by atoms with Crippen LogP contribution in [-0.2, 0) is 6.42 Å². The summed E-state index contributed by atoms with van der Waals surface area (Å²) in [6, 6.07) is 4.81. The van der Waals surface area contributed by atoms with Crippen LogP contribution in [0.25, 0.3) is 0 Å². The van der Waals surface area contributed by atoms with Crippen molar-refractivity contribution in [3.8, 4) is 0 Å². The number of allylic oxidation sites excluding steroid dienone is 1. The van der Waals surface area contributed by atoms with E-state index in [1.165, 1.54) is 6.07 Å². The Morgan fingerprint density at radius 1 is 1.53 bits per heavy atom. The maximum Gasteiger partial charge on any atom is 0.127 e. The van der Waals surface area contributed by atoms with E-state index in [0.29, 0.717) is 22.9 Å². The molecule has 2 heteroatoms. The maximum atomic E-state index is 13.4. The number of rotatable bonds is 4. The van der Waals surface area contributed by atoms with Gasteiger partial charge in [-0.25, -0.2) is 4.39 Å². The summed E-state index contributed by atoms with van der Waals surface area (Å²) in [6.45, 7) is 7.97. The summed E-state index contributed by atoms with van der Waals surface area (Å²) >= 11 is 5.93. The lowest BCUT2D eigenvalue weighted by molar-refractivity contribution is 0.573. The summed E-state index contributed by atoms with van der Waals surface area (Å²) in [5.74, 6) is 0.192. The van der Waals surface area contributed by atoms with Crippen molar-refractivity contribution in [3.05, 3.63) is 46.8 Å². The van der Waals surface area contributed by atoms with Crippen molar-refractivity contribution in [2.45, 2.75) is 26.7 Å². The average Bonchev–Trinajstić information content (AvgIpc) is 2.16. The van der Waals surface area contributed by atoms with Crippen LogP contribution >= 0.6 is 11.6 Å². The summed E-state index contributed by atoms with van der Waals surface area (Å²) in [5, 5.41) is 0.518. The van der Waals surface area contributed by atoms with Crippen molar-refractivity contribution in [3.63, 3.8) is 0 Å². The summed E-state index contributed by atoms with van der Waals surface area (Å²) in [5.41, 5.74) is 1.75. The molecular formula is C13H16ClF. The van der Waals surface area contributed by atoms with Gasteiger partial charge in [-0.1, -0.05) is 36.7 Å². The molecule has 0 amide bonds. The van der Waals surface area contributed by atoms with Gasteiger partial charge in [-0.05, 0) is 37.8 Å². The topological polar surface area (TPSA) is 0 Å². The van der Waals surface area contributed by atoms with Gasteiger partial charge in [0.15, 0.2) is 0 Å². The average molecular weight is 227 g/mol. The van der Waals surface area contributed by atoms with Gasteiger partial charge in [-0.3, -0.25) is 0 Å². The zero-order valence-corrected chi connectivity index (χ0v) is 9.94. The Labute approximate surface area is 95.8 Å². The number of halogens is 2. The number of hydrogen-bond acceptors (Lipinski definition) is 0. The second kappa shape index (κ2) is 5.32. The summed E-state index contributed by atoms with van der Waals surface area (Å²) < 4.78 is 13.4. The lowest BCUT2D eigenvalue weighted by Gasteiger charge is -2.11. The molecule has 0 aliphatic rings. The van der Waals surface area contributed by atoms with E-state index in [1.54, 1.807) is 12.1 Å². The molecule has 0 aliphatic carbocycles. The van der Waals surface area contributed by atoms with Gasteiger partial charge in [0.25, 0.3) is 0 Å². The smallest absolute Gasteiger partial charge is 0.127 e. The van der Waals surface area contributed by atoms with E-state index in [0.717, 1.165) is 12.0 Å². The summed E-state index contributed by atoms with van der Waals surface area (Å²) in [6.07, 6.45) is 1.55. The molecule has 0 spiro atoms. The molecule has 0 bridgehead atoms. The van der Waals surface area contributed by atoms with Gasteiger partial charge < -0.3 is 0 Å². The molecule has 1 unspecified atom stereocenters. The van der Waals surface area contributed by atoms with Crippen LogP contribution in [0.2, 0.25) is 5.02 Å². The van der Waals surface area contributed by atoms with Gasteiger partial charge in [-0.2, -0.15) is 0 Å². The first kappa shape index (κ1) is 12.3. The second-order valence-corrected chi connectivity index (χ2v) is 4.39. The van der Waals surface area contributed by atoms with Crippen LogP contribution in [0.4, 0.5) is 4.39 Å². The van der Waals surface area contributed by atoms with Gasteiger partial charge in [0.1, 0.15) is 5.82 Å². The van der Waals surface area contributed by atoms with Crippen LogP contribution < -0.4 is 0 Å². The minimum atomic E-state index is -0.212. The third-order valence-electron chi connectivity index (χ3n) is 2.73. The molecule has 0 aliphatic heterocycles. The van der Waals surface area contributed by atoms with Crippen molar-refractivity contribution in [1.82, 2.24) is 0 Å². The van der Waals surface area contributed by atoms with Crippen molar-refractivity contribution in [2.75, 3.05) is 0 Å². The predicted molar refractivity (Wildman–Crippen MR) is 63.7 cm³/mol. The quantitative estimate of drug-likeness (QED) is 0.657. The van der Waals surface area contributed by atoms with E-state index < -0.39 is 0 Å². The zero-order chi connectivity index (χ0) is 11.4.